The van der Waals surface area contributed by atoms with E-state index in [0.717, 1.165) is 5.56 Å². The SMILES string of the molecule is COC(=O)c1ccc([C@H](NCc2ccccc2)P(=O)(OCc2ccccc2[N+](=O)[O-])OCc2ccccc2[N+](=O)[O-])cc1. The second-order valence-electron chi connectivity index (χ2n) is 9.24. The highest BCUT2D eigenvalue weighted by molar-refractivity contribution is 7.54. The Morgan fingerprint density at radius 2 is 1.26 bits per heavy atom. The molecule has 12 nitrogen and oxygen atoms in total. The molecule has 0 heterocycles. The van der Waals surface area contributed by atoms with Crippen molar-refractivity contribution in [3.8, 4) is 0 Å². The fraction of sp³-hybridized carbons (Fsp3) is 0.167. The van der Waals surface area contributed by atoms with Crippen molar-refractivity contribution >= 4 is 24.9 Å². The molecule has 0 bridgehead atoms. The van der Waals surface area contributed by atoms with Crippen LogP contribution in [0.15, 0.2) is 103 Å². The average molecular weight is 606 g/mol. The first-order valence-corrected chi connectivity index (χ1v) is 14.6. The summed E-state index contributed by atoms with van der Waals surface area (Å²) in [5.41, 5.74) is 1.37. The lowest BCUT2D eigenvalue weighted by molar-refractivity contribution is -0.385. The fourth-order valence-electron chi connectivity index (χ4n) is 4.27. The van der Waals surface area contributed by atoms with Gasteiger partial charge in [-0.05, 0) is 35.4 Å². The zero-order valence-corrected chi connectivity index (χ0v) is 23.9. The topological polar surface area (TPSA) is 160 Å². The molecule has 0 aliphatic carbocycles. The zero-order valence-electron chi connectivity index (χ0n) is 23.0. The van der Waals surface area contributed by atoms with Crippen LogP contribution in [-0.4, -0.2) is 22.9 Å². The number of hydrogen-bond acceptors (Lipinski definition) is 10. The van der Waals surface area contributed by atoms with E-state index < -0.39 is 42.4 Å². The summed E-state index contributed by atoms with van der Waals surface area (Å²) >= 11 is 0. The molecule has 1 N–H and O–H groups in total. The van der Waals surface area contributed by atoms with E-state index in [1.807, 2.05) is 30.3 Å². The maximum atomic E-state index is 14.8. The molecule has 0 unspecified atom stereocenters. The Kier molecular flexibility index (Phi) is 10.5. The van der Waals surface area contributed by atoms with Gasteiger partial charge in [-0.3, -0.25) is 30.1 Å². The molecule has 4 aromatic rings. The number of benzene rings is 4. The number of hydrogen-bond donors (Lipinski definition) is 1. The average Bonchev–Trinajstić information content (AvgIpc) is 3.03. The van der Waals surface area contributed by atoms with E-state index in [9.17, 15) is 29.6 Å². The molecule has 4 aromatic carbocycles. The number of carbonyl (C=O) groups excluding carboxylic acids is 1. The molecule has 0 aliphatic heterocycles. The lowest BCUT2D eigenvalue weighted by Crippen LogP contribution is -2.23. The summed E-state index contributed by atoms with van der Waals surface area (Å²) < 4.78 is 31.4. The lowest BCUT2D eigenvalue weighted by Gasteiger charge is -2.28. The highest BCUT2D eigenvalue weighted by Crippen LogP contribution is 2.61. The van der Waals surface area contributed by atoms with Gasteiger partial charge in [0.05, 0.1) is 46.9 Å². The monoisotopic (exact) mass is 605 g/mol. The Bertz CT molecular complexity index is 1570. The number of nitrogens with one attached hydrogen (secondary N) is 1. The van der Waals surface area contributed by atoms with Crippen molar-refractivity contribution < 1.29 is 33.0 Å². The Morgan fingerprint density at radius 1 is 0.767 bits per heavy atom. The maximum absolute atomic E-state index is 14.8. The summed E-state index contributed by atoms with van der Waals surface area (Å²) in [6, 6.07) is 27.1. The van der Waals surface area contributed by atoms with Gasteiger partial charge >= 0.3 is 13.6 Å². The van der Waals surface area contributed by atoms with E-state index in [-0.39, 0.29) is 34.6 Å². The maximum Gasteiger partial charge on any atom is 0.352 e. The minimum atomic E-state index is -4.34. The predicted octanol–water partition coefficient (Wildman–Crippen LogP) is 6.70. The number of ether oxygens (including phenoxy) is 1. The second-order valence-corrected chi connectivity index (χ2v) is 11.4. The molecule has 13 heteroatoms. The summed E-state index contributed by atoms with van der Waals surface area (Å²) in [4.78, 5) is 34.1. The molecule has 0 saturated heterocycles. The normalized spacial score (nSPS) is 11.9. The largest absolute Gasteiger partial charge is 0.465 e. The van der Waals surface area contributed by atoms with Crippen molar-refractivity contribution in [1.82, 2.24) is 5.32 Å². The Labute approximate surface area is 247 Å². The van der Waals surface area contributed by atoms with E-state index in [1.165, 1.54) is 55.6 Å². The molecule has 0 aromatic heterocycles. The van der Waals surface area contributed by atoms with Gasteiger partial charge in [-0.15, -0.1) is 0 Å². The number of carbonyl (C=O) groups is 1. The quantitative estimate of drug-likeness (QED) is 0.0708. The van der Waals surface area contributed by atoms with Crippen molar-refractivity contribution in [3.63, 3.8) is 0 Å². The minimum Gasteiger partial charge on any atom is -0.465 e. The summed E-state index contributed by atoms with van der Waals surface area (Å²) in [5, 5.41) is 26.4. The van der Waals surface area contributed by atoms with Gasteiger partial charge in [0.15, 0.2) is 0 Å². The van der Waals surface area contributed by atoms with Crippen molar-refractivity contribution in [2.75, 3.05) is 7.11 Å². The van der Waals surface area contributed by atoms with Gasteiger partial charge in [0, 0.05) is 18.7 Å². The fourth-order valence-corrected chi connectivity index (χ4v) is 6.13. The molecule has 222 valence electrons. The van der Waals surface area contributed by atoms with E-state index >= 15 is 0 Å². The number of nitrogens with zero attached hydrogens (tertiary/aromatic N) is 2. The zero-order chi connectivity index (χ0) is 30.8. The third kappa shape index (κ3) is 7.97. The predicted molar refractivity (Wildman–Crippen MR) is 157 cm³/mol. The highest BCUT2D eigenvalue weighted by Gasteiger charge is 2.39. The molecule has 0 amide bonds. The van der Waals surface area contributed by atoms with Crippen LogP contribution in [0.2, 0.25) is 0 Å². The molecule has 0 fully saturated rings. The lowest BCUT2D eigenvalue weighted by atomic mass is 10.1. The smallest absolute Gasteiger partial charge is 0.352 e. The Morgan fingerprint density at radius 3 is 1.74 bits per heavy atom. The van der Waals surface area contributed by atoms with Crippen LogP contribution in [0.1, 0.15) is 38.4 Å². The molecule has 43 heavy (non-hydrogen) atoms. The molecule has 0 saturated carbocycles. The van der Waals surface area contributed by atoms with Gasteiger partial charge in [0.2, 0.25) is 0 Å². The summed E-state index contributed by atoms with van der Waals surface area (Å²) in [7, 11) is -3.09. The molecular weight excluding hydrogens is 577 g/mol. The van der Waals surface area contributed by atoms with Gasteiger partial charge in [-0.1, -0.05) is 66.7 Å². The molecular formula is C30H28N3O9P. The number of rotatable bonds is 14. The van der Waals surface area contributed by atoms with Gasteiger partial charge < -0.3 is 13.8 Å². The first kappa shape index (κ1) is 31.2. The Hall–Kier alpha value is -4.74. The molecule has 0 radical (unpaired) electrons. The standard InChI is InChI=1S/C30H28N3O9P/c1-40-30(34)24-17-15-23(16-18-24)29(31-19-22-9-3-2-4-10-22)43(39,41-20-25-11-5-7-13-27(25)32(35)36)42-21-26-12-6-8-14-28(26)33(37)38/h2-18,29,31H,19-21H2,1H3/t29-/m1/s1. The van der Waals surface area contributed by atoms with Crippen molar-refractivity contribution in [3.05, 3.63) is 151 Å². The number of para-hydroxylation sites is 2. The van der Waals surface area contributed by atoms with Crippen LogP contribution in [0.5, 0.6) is 0 Å². The van der Waals surface area contributed by atoms with E-state index in [1.54, 1.807) is 24.3 Å². The van der Waals surface area contributed by atoms with Crippen molar-refractivity contribution in [2.24, 2.45) is 0 Å². The van der Waals surface area contributed by atoms with Crippen LogP contribution in [-0.2, 0) is 38.1 Å². The minimum absolute atomic E-state index is 0.157. The Balaban J connectivity index is 1.75. The molecule has 0 aliphatic rings. The number of esters is 1. The van der Waals surface area contributed by atoms with Crippen LogP contribution in [0.3, 0.4) is 0 Å². The first-order chi connectivity index (χ1) is 20.7. The third-order valence-corrected chi connectivity index (χ3v) is 8.57. The number of methoxy groups -OCH3 is 1. The van der Waals surface area contributed by atoms with E-state index in [0.29, 0.717) is 5.56 Å². The summed E-state index contributed by atoms with van der Waals surface area (Å²) in [5.74, 6) is -1.71. The van der Waals surface area contributed by atoms with Crippen LogP contribution >= 0.6 is 7.60 Å². The van der Waals surface area contributed by atoms with Gasteiger partial charge in [0.25, 0.3) is 11.4 Å². The molecule has 1 atom stereocenters. The van der Waals surface area contributed by atoms with Crippen LogP contribution in [0.25, 0.3) is 0 Å². The van der Waals surface area contributed by atoms with E-state index in [2.05, 4.69) is 5.32 Å². The van der Waals surface area contributed by atoms with Crippen molar-refractivity contribution in [1.29, 1.82) is 0 Å². The van der Waals surface area contributed by atoms with Gasteiger partial charge in [-0.25, -0.2) is 4.79 Å². The third-order valence-electron chi connectivity index (χ3n) is 6.48. The molecule has 4 rings (SSSR count). The van der Waals surface area contributed by atoms with Gasteiger partial charge in [0.1, 0.15) is 5.78 Å². The summed E-state index contributed by atoms with van der Waals surface area (Å²) in [6.07, 6.45) is 0. The van der Waals surface area contributed by atoms with Crippen molar-refractivity contribution in [2.45, 2.75) is 25.5 Å². The second kappa shape index (κ2) is 14.4. The number of nitro groups is 2. The van der Waals surface area contributed by atoms with Crippen LogP contribution in [0, 0.1) is 20.2 Å². The number of nitro benzene ring substituents is 2. The summed E-state index contributed by atoms with van der Waals surface area (Å²) in [6.45, 7) is -0.678. The van der Waals surface area contributed by atoms with Crippen LogP contribution < -0.4 is 5.32 Å². The highest BCUT2D eigenvalue weighted by atomic mass is 31.2. The van der Waals surface area contributed by atoms with Crippen LogP contribution in [0.4, 0.5) is 11.4 Å². The first-order valence-electron chi connectivity index (χ1n) is 13.0. The van der Waals surface area contributed by atoms with Gasteiger partial charge in [-0.2, -0.15) is 0 Å². The molecule has 0 spiro atoms. The van der Waals surface area contributed by atoms with E-state index in [4.69, 9.17) is 13.8 Å².